The Bertz CT molecular complexity index is 278. The van der Waals surface area contributed by atoms with Crippen molar-refractivity contribution in [2.45, 2.75) is 37.6 Å². The number of rotatable bonds is 5. The summed E-state index contributed by atoms with van der Waals surface area (Å²) in [6.45, 7) is 0.642. The van der Waals surface area contributed by atoms with E-state index in [4.69, 9.17) is 9.84 Å². The molecule has 0 aromatic heterocycles. The van der Waals surface area contributed by atoms with E-state index in [1.54, 1.807) is 0 Å². The Kier molecular flexibility index (Phi) is 5.84. The zero-order valence-electron chi connectivity index (χ0n) is 9.55. The third kappa shape index (κ3) is 3.57. The van der Waals surface area contributed by atoms with Gasteiger partial charge in [0.15, 0.2) is 0 Å². The third-order valence-corrected chi connectivity index (χ3v) is 2.42. The lowest BCUT2D eigenvalue weighted by Gasteiger charge is -2.40. The maximum atomic E-state index is 11.0. The lowest BCUT2D eigenvalue weighted by molar-refractivity contribution is -0.559. The van der Waals surface area contributed by atoms with Gasteiger partial charge >= 0.3 is 0 Å². The van der Waals surface area contributed by atoms with Crippen LogP contribution in [0.4, 0.5) is 0 Å². The van der Waals surface area contributed by atoms with Gasteiger partial charge in [-0.1, -0.05) is 0 Å². The molecule has 10 heteroatoms. The molecule has 0 spiro atoms. The summed E-state index contributed by atoms with van der Waals surface area (Å²) in [5.41, 5.74) is 0. The van der Waals surface area contributed by atoms with Crippen LogP contribution in [-0.4, -0.2) is 58.5 Å². The largest absolute Gasteiger partial charge is 0.394 e. The maximum Gasteiger partial charge on any atom is 0.217 e. The molecule has 106 valence electrons. The summed E-state index contributed by atoms with van der Waals surface area (Å²) in [6.07, 6.45) is -5.24. The monoisotopic (exact) mass is 268 g/mol. The zero-order chi connectivity index (χ0) is 13.7. The molecule has 6 N–H and O–H groups in total. The van der Waals surface area contributed by atoms with E-state index in [2.05, 4.69) is 26.1 Å². The first kappa shape index (κ1) is 15.2. The van der Waals surface area contributed by atoms with Crippen molar-refractivity contribution in [3.05, 3.63) is 0 Å². The van der Waals surface area contributed by atoms with Crippen molar-refractivity contribution in [2.24, 2.45) is 5.90 Å². The van der Waals surface area contributed by atoms with Gasteiger partial charge in [0.2, 0.25) is 12.2 Å². The number of aliphatic hydroxyl groups excluding tert-OH is 3. The van der Waals surface area contributed by atoms with E-state index in [0.29, 0.717) is 0 Å². The van der Waals surface area contributed by atoms with E-state index in [1.165, 1.54) is 6.92 Å². The molecule has 4 unspecified atom stereocenters. The van der Waals surface area contributed by atoms with Gasteiger partial charge in [0, 0.05) is 6.92 Å². The predicted molar refractivity (Wildman–Crippen MR) is 52.8 cm³/mol. The molecule has 1 fully saturated rings. The minimum absolute atomic E-state index is 0.487. The second-order valence-corrected chi connectivity index (χ2v) is 3.69. The van der Waals surface area contributed by atoms with Gasteiger partial charge in [-0.15, -0.1) is 4.99 Å². The maximum absolute atomic E-state index is 11.0. The summed E-state index contributed by atoms with van der Waals surface area (Å²) in [6, 6.07) is -1.12. The van der Waals surface area contributed by atoms with Crippen molar-refractivity contribution < 1.29 is 39.8 Å². The fourth-order valence-corrected chi connectivity index (χ4v) is 1.61. The van der Waals surface area contributed by atoms with Crippen LogP contribution in [0, 0.1) is 0 Å². The number of carbonyl (C=O) groups excluding carboxylic acids is 1. The van der Waals surface area contributed by atoms with Gasteiger partial charge in [0.1, 0.15) is 24.4 Å². The van der Waals surface area contributed by atoms with E-state index in [-0.39, 0.29) is 0 Å². The third-order valence-electron chi connectivity index (χ3n) is 2.42. The van der Waals surface area contributed by atoms with E-state index in [0.717, 1.165) is 0 Å². The Morgan fingerprint density at radius 1 is 1.44 bits per heavy atom. The molecular formula is C8H16N2O8. The SMILES string of the molecule is CC(=O)NC1C(OOON)OC(CO)[C@H](O)C1O. The van der Waals surface area contributed by atoms with Gasteiger partial charge in [-0.05, 0) is 5.04 Å². The van der Waals surface area contributed by atoms with Crippen LogP contribution in [0.5, 0.6) is 0 Å². The molecule has 10 nitrogen and oxygen atoms in total. The lowest BCUT2D eigenvalue weighted by Crippen LogP contribution is -2.64. The first-order valence-corrected chi connectivity index (χ1v) is 5.09. The van der Waals surface area contributed by atoms with Crippen molar-refractivity contribution in [1.29, 1.82) is 0 Å². The molecule has 1 aliphatic heterocycles. The van der Waals surface area contributed by atoms with Crippen molar-refractivity contribution in [3.63, 3.8) is 0 Å². The summed E-state index contributed by atoms with van der Waals surface area (Å²) in [5, 5.41) is 34.7. The molecule has 1 aliphatic rings. The fourth-order valence-electron chi connectivity index (χ4n) is 1.61. The molecule has 0 aromatic rings. The standard InChI is InChI=1S/C8H16N2O8/c1-3(12)10-5-7(14)6(13)4(2-11)15-8(5)16-18-17-9/h4-8,11,13-14H,2,9H2,1H3,(H,10,12)/t4?,5?,6-,7?,8?/m0/s1. The van der Waals surface area contributed by atoms with Gasteiger partial charge in [-0.2, -0.15) is 10.8 Å². The highest BCUT2D eigenvalue weighted by molar-refractivity contribution is 5.73. The van der Waals surface area contributed by atoms with E-state index in [9.17, 15) is 15.0 Å². The Hall–Kier alpha value is -0.850. The molecule has 18 heavy (non-hydrogen) atoms. The van der Waals surface area contributed by atoms with Crippen LogP contribution in [0.2, 0.25) is 0 Å². The summed E-state index contributed by atoms with van der Waals surface area (Å²) < 4.78 is 5.08. The number of nitrogens with two attached hydrogens (primary N) is 1. The van der Waals surface area contributed by atoms with Crippen LogP contribution in [0.1, 0.15) is 6.92 Å². The number of hydrogen-bond acceptors (Lipinski definition) is 9. The topological polar surface area (TPSA) is 153 Å². The normalized spacial score (nSPS) is 36.4. The van der Waals surface area contributed by atoms with Crippen molar-refractivity contribution in [2.75, 3.05) is 6.61 Å². The van der Waals surface area contributed by atoms with Crippen LogP contribution in [0.15, 0.2) is 0 Å². The molecule has 5 atom stereocenters. The number of aliphatic hydroxyl groups is 3. The first-order chi connectivity index (χ1) is 8.51. The Balaban J connectivity index is 2.76. The Morgan fingerprint density at radius 2 is 2.11 bits per heavy atom. The number of amides is 1. The quantitative estimate of drug-likeness (QED) is 0.254. The van der Waals surface area contributed by atoms with Crippen LogP contribution in [-0.2, 0) is 24.4 Å². The Morgan fingerprint density at radius 3 is 2.61 bits per heavy atom. The van der Waals surface area contributed by atoms with Crippen LogP contribution in [0.3, 0.4) is 0 Å². The summed E-state index contributed by atoms with van der Waals surface area (Å²) >= 11 is 0. The molecule has 1 amide bonds. The zero-order valence-corrected chi connectivity index (χ0v) is 9.55. The smallest absolute Gasteiger partial charge is 0.217 e. The molecule has 1 heterocycles. The average molecular weight is 268 g/mol. The van der Waals surface area contributed by atoms with E-state index in [1.807, 2.05) is 0 Å². The number of nitrogens with one attached hydrogen (secondary N) is 1. The summed E-state index contributed by atoms with van der Waals surface area (Å²) in [5.74, 6) is 4.08. The van der Waals surface area contributed by atoms with Gasteiger partial charge in [0.05, 0.1) is 6.61 Å². The lowest BCUT2D eigenvalue weighted by atomic mass is 9.97. The van der Waals surface area contributed by atoms with E-state index >= 15 is 0 Å². The van der Waals surface area contributed by atoms with Gasteiger partial charge in [0.25, 0.3) is 0 Å². The highest BCUT2D eigenvalue weighted by Gasteiger charge is 2.46. The van der Waals surface area contributed by atoms with Crippen LogP contribution >= 0.6 is 0 Å². The minimum Gasteiger partial charge on any atom is -0.394 e. The molecule has 1 rings (SSSR count). The van der Waals surface area contributed by atoms with Crippen LogP contribution in [0.25, 0.3) is 0 Å². The minimum atomic E-state index is -1.42. The molecule has 0 bridgehead atoms. The first-order valence-electron chi connectivity index (χ1n) is 5.09. The van der Waals surface area contributed by atoms with Crippen molar-refractivity contribution in [1.82, 2.24) is 5.32 Å². The molecule has 0 aromatic carbocycles. The molecule has 1 saturated heterocycles. The second-order valence-electron chi connectivity index (χ2n) is 3.69. The molecule has 0 saturated carbocycles. The number of hydrogen-bond donors (Lipinski definition) is 5. The molecule has 0 radical (unpaired) electrons. The van der Waals surface area contributed by atoms with Gasteiger partial charge < -0.3 is 25.4 Å². The van der Waals surface area contributed by atoms with Gasteiger partial charge in [-0.3, -0.25) is 4.79 Å². The second kappa shape index (κ2) is 6.92. The van der Waals surface area contributed by atoms with Crippen molar-refractivity contribution >= 4 is 5.91 Å². The molecular weight excluding hydrogens is 252 g/mol. The highest BCUT2D eigenvalue weighted by Crippen LogP contribution is 2.22. The van der Waals surface area contributed by atoms with E-state index < -0.39 is 43.2 Å². The highest BCUT2D eigenvalue weighted by atomic mass is 17.5. The Labute approximate surface area is 102 Å². The number of ether oxygens (including phenoxy) is 1. The summed E-state index contributed by atoms with van der Waals surface area (Å²) in [4.78, 5) is 19.2. The number of carbonyl (C=O) groups is 1. The predicted octanol–water partition coefficient (Wildman–Crippen LogP) is -3.32. The van der Waals surface area contributed by atoms with Crippen molar-refractivity contribution in [3.8, 4) is 0 Å². The van der Waals surface area contributed by atoms with Crippen LogP contribution < -0.4 is 11.2 Å². The summed E-state index contributed by atoms with van der Waals surface area (Å²) in [7, 11) is 0. The molecule has 0 aliphatic carbocycles. The fraction of sp³-hybridized carbons (Fsp3) is 0.875. The average Bonchev–Trinajstić information content (AvgIpc) is 2.33. The van der Waals surface area contributed by atoms with Gasteiger partial charge in [-0.25, -0.2) is 0 Å².